The van der Waals surface area contributed by atoms with E-state index in [4.69, 9.17) is 4.74 Å². The zero-order valence-corrected chi connectivity index (χ0v) is 11.6. The van der Waals surface area contributed by atoms with Crippen molar-refractivity contribution in [3.05, 3.63) is 29.6 Å². The van der Waals surface area contributed by atoms with Gasteiger partial charge in [0.1, 0.15) is 17.7 Å². The molecular formula is C15H24FNO. The second kappa shape index (κ2) is 8.09. The summed E-state index contributed by atoms with van der Waals surface area (Å²) in [4.78, 5) is 0. The van der Waals surface area contributed by atoms with E-state index >= 15 is 0 Å². The molecule has 1 unspecified atom stereocenters. The molecule has 1 N–H and O–H groups in total. The van der Waals surface area contributed by atoms with E-state index in [-0.39, 0.29) is 11.9 Å². The molecule has 18 heavy (non-hydrogen) atoms. The van der Waals surface area contributed by atoms with Crippen LogP contribution in [0.1, 0.15) is 38.7 Å². The predicted molar refractivity (Wildman–Crippen MR) is 73.6 cm³/mol. The number of ether oxygens (including phenoxy) is 1. The van der Waals surface area contributed by atoms with Gasteiger partial charge < -0.3 is 10.1 Å². The molecule has 0 radical (unpaired) electrons. The molecule has 1 aromatic rings. The van der Waals surface area contributed by atoms with Gasteiger partial charge in [-0.15, -0.1) is 0 Å². The molecule has 1 rings (SSSR count). The smallest absolute Gasteiger partial charge is 0.123 e. The highest BCUT2D eigenvalue weighted by molar-refractivity contribution is 5.32. The van der Waals surface area contributed by atoms with Crippen LogP contribution in [0.2, 0.25) is 0 Å². The third-order valence-electron chi connectivity index (χ3n) is 2.85. The molecule has 0 aliphatic heterocycles. The van der Waals surface area contributed by atoms with Crippen LogP contribution >= 0.6 is 0 Å². The quantitative estimate of drug-likeness (QED) is 0.714. The summed E-state index contributed by atoms with van der Waals surface area (Å²) in [6.45, 7) is 7.93. The summed E-state index contributed by atoms with van der Waals surface area (Å²) in [5.41, 5.74) is 0.841. The molecule has 0 bridgehead atoms. The van der Waals surface area contributed by atoms with E-state index in [9.17, 15) is 4.39 Å². The molecular weight excluding hydrogens is 229 g/mol. The van der Waals surface area contributed by atoms with E-state index in [0.29, 0.717) is 0 Å². The second-order valence-electron chi connectivity index (χ2n) is 4.75. The van der Waals surface area contributed by atoms with Gasteiger partial charge in [-0.2, -0.15) is 0 Å². The van der Waals surface area contributed by atoms with E-state index in [2.05, 4.69) is 12.2 Å². The Labute approximate surface area is 110 Å². The number of hydrogen-bond acceptors (Lipinski definition) is 2. The zero-order chi connectivity index (χ0) is 13.4. The van der Waals surface area contributed by atoms with E-state index < -0.39 is 0 Å². The Hall–Kier alpha value is -1.09. The summed E-state index contributed by atoms with van der Waals surface area (Å²) < 4.78 is 18.7. The lowest BCUT2D eigenvalue weighted by Gasteiger charge is -2.17. The van der Waals surface area contributed by atoms with Gasteiger partial charge in [-0.25, -0.2) is 4.39 Å². The highest BCUT2D eigenvalue weighted by Gasteiger charge is 2.06. The lowest BCUT2D eigenvalue weighted by Crippen LogP contribution is -2.29. The summed E-state index contributed by atoms with van der Waals surface area (Å²) in [7, 11) is 0. The lowest BCUT2D eigenvalue weighted by atomic mass is 10.2. The van der Waals surface area contributed by atoms with Gasteiger partial charge >= 0.3 is 0 Å². The monoisotopic (exact) mass is 253 g/mol. The molecule has 0 amide bonds. The van der Waals surface area contributed by atoms with Crippen LogP contribution < -0.4 is 10.1 Å². The molecule has 0 aliphatic carbocycles. The Morgan fingerprint density at radius 2 is 2.11 bits per heavy atom. The van der Waals surface area contributed by atoms with Crippen LogP contribution in [0, 0.1) is 12.7 Å². The van der Waals surface area contributed by atoms with Gasteiger partial charge in [0.15, 0.2) is 0 Å². The predicted octanol–water partition coefficient (Wildman–Crippen LogP) is 3.68. The minimum Gasteiger partial charge on any atom is -0.489 e. The largest absolute Gasteiger partial charge is 0.489 e. The van der Waals surface area contributed by atoms with Crippen LogP contribution in [0.5, 0.6) is 5.75 Å². The molecule has 0 saturated heterocycles. The highest BCUT2D eigenvalue weighted by Crippen LogP contribution is 2.19. The van der Waals surface area contributed by atoms with E-state index in [1.54, 1.807) is 6.07 Å². The first-order valence-corrected chi connectivity index (χ1v) is 6.77. The van der Waals surface area contributed by atoms with Crippen molar-refractivity contribution in [2.45, 2.75) is 46.1 Å². The van der Waals surface area contributed by atoms with Gasteiger partial charge in [-0.05, 0) is 50.6 Å². The van der Waals surface area contributed by atoms with Crippen LogP contribution in [0.4, 0.5) is 4.39 Å². The fourth-order valence-corrected chi connectivity index (χ4v) is 1.81. The van der Waals surface area contributed by atoms with Crippen LogP contribution in [0.25, 0.3) is 0 Å². The standard InChI is InChI=1S/C15H24FNO/c1-4-5-6-9-17-11-13(3)18-15-8-7-14(16)10-12(15)2/h7-8,10,13,17H,4-6,9,11H2,1-3H3. The van der Waals surface area contributed by atoms with Gasteiger partial charge in [0.2, 0.25) is 0 Å². The number of hydrogen-bond donors (Lipinski definition) is 1. The molecule has 0 fully saturated rings. The highest BCUT2D eigenvalue weighted by atomic mass is 19.1. The van der Waals surface area contributed by atoms with Gasteiger partial charge in [0.25, 0.3) is 0 Å². The lowest BCUT2D eigenvalue weighted by molar-refractivity contribution is 0.215. The third kappa shape index (κ3) is 5.50. The molecule has 2 nitrogen and oxygen atoms in total. The van der Waals surface area contributed by atoms with Crippen LogP contribution in [-0.2, 0) is 0 Å². The molecule has 1 aromatic carbocycles. The third-order valence-corrected chi connectivity index (χ3v) is 2.85. The molecule has 0 aromatic heterocycles. The first kappa shape index (κ1) is 15.0. The van der Waals surface area contributed by atoms with Crippen LogP contribution in [0.15, 0.2) is 18.2 Å². The number of rotatable bonds is 8. The molecule has 102 valence electrons. The van der Waals surface area contributed by atoms with Crippen LogP contribution in [0.3, 0.4) is 0 Å². The number of unbranched alkanes of at least 4 members (excludes halogenated alkanes) is 2. The van der Waals surface area contributed by atoms with Crippen molar-refractivity contribution in [2.75, 3.05) is 13.1 Å². The Kier molecular flexibility index (Phi) is 6.73. The average Bonchev–Trinajstić information content (AvgIpc) is 2.32. The molecule has 0 aliphatic rings. The van der Waals surface area contributed by atoms with Crippen molar-refractivity contribution < 1.29 is 9.13 Å². The first-order chi connectivity index (χ1) is 8.63. The number of halogens is 1. The number of nitrogens with one attached hydrogen (secondary N) is 1. The normalized spacial score (nSPS) is 12.4. The average molecular weight is 253 g/mol. The second-order valence-corrected chi connectivity index (χ2v) is 4.75. The number of aryl methyl sites for hydroxylation is 1. The molecule has 0 heterocycles. The Balaban J connectivity index is 2.28. The fraction of sp³-hybridized carbons (Fsp3) is 0.600. The van der Waals surface area contributed by atoms with Crippen molar-refractivity contribution in [1.82, 2.24) is 5.32 Å². The van der Waals surface area contributed by atoms with Crippen molar-refractivity contribution in [3.8, 4) is 5.75 Å². The van der Waals surface area contributed by atoms with Crippen LogP contribution in [-0.4, -0.2) is 19.2 Å². The fourth-order valence-electron chi connectivity index (χ4n) is 1.81. The summed E-state index contributed by atoms with van der Waals surface area (Å²) in [5, 5.41) is 3.37. The Morgan fingerprint density at radius 3 is 2.78 bits per heavy atom. The van der Waals surface area contributed by atoms with E-state index in [1.807, 2.05) is 13.8 Å². The molecule has 1 atom stereocenters. The first-order valence-electron chi connectivity index (χ1n) is 6.77. The van der Waals surface area contributed by atoms with Crippen molar-refractivity contribution in [3.63, 3.8) is 0 Å². The van der Waals surface area contributed by atoms with Gasteiger partial charge in [-0.1, -0.05) is 19.8 Å². The van der Waals surface area contributed by atoms with Crippen molar-refractivity contribution >= 4 is 0 Å². The minimum atomic E-state index is -0.217. The van der Waals surface area contributed by atoms with E-state index in [1.165, 1.54) is 31.4 Å². The Bertz CT molecular complexity index is 354. The molecule has 3 heteroatoms. The van der Waals surface area contributed by atoms with Gasteiger partial charge in [0.05, 0.1) is 0 Å². The van der Waals surface area contributed by atoms with Gasteiger partial charge in [-0.3, -0.25) is 0 Å². The SMILES string of the molecule is CCCCCNCC(C)Oc1ccc(F)cc1C. The molecule has 0 spiro atoms. The summed E-state index contributed by atoms with van der Waals surface area (Å²) >= 11 is 0. The van der Waals surface area contributed by atoms with Crippen molar-refractivity contribution in [2.24, 2.45) is 0 Å². The zero-order valence-electron chi connectivity index (χ0n) is 11.6. The maximum absolute atomic E-state index is 12.9. The van der Waals surface area contributed by atoms with E-state index in [0.717, 1.165) is 24.4 Å². The van der Waals surface area contributed by atoms with Crippen molar-refractivity contribution in [1.29, 1.82) is 0 Å². The Morgan fingerprint density at radius 1 is 1.33 bits per heavy atom. The number of benzene rings is 1. The summed E-state index contributed by atoms with van der Waals surface area (Å²) in [6.07, 6.45) is 3.80. The van der Waals surface area contributed by atoms with Gasteiger partial charge in [0, 0.05) is 6.54 Å². The maximum atomic E-state index is 12.9. The summed E-state index contributed by atoms with van der Waals surface area (Å²) in [5.74, 6) is 0.546. The summed E-state index contributed by atoms with van der Waals surface area (Å²) in [6, 6.07) is 4.62. The minimum absolute atomic E-state index is 0.0933. The maximum Gasteiger partial charge on any atom is 0.123 e. The molecule has 0 saturated carbocycles. The topological polar surface area (TPSA) is 21.3 Å².